The van der Waals surface area contributed by atoms with Gasteiger partial charge in [0.15, 0.2) is 0 Å². The highest BCUT2D eigenvalue weighted by Gasteiger charge is 2.10. The summed E-state index contributed by atoms with van der Waals surface area (Å²) in [6.07, 6.45) is 2.47. The largest absolute Gasteiger partial charge is 0.382 e. The minimum absolute atomic E-state index is 0.102. The van der Waals surface area contributed by atoms with E-state index in [9.17, 15) is 0 Å². The first kappa shape index (κ1) is 14.2. The van der Waals surface area contributed by atoms with Crippen molar-refractivity contribution in [3.63, 3.8) is 0 Å². The molecular formula is C12H19N5O. The average Bonchev–Trinajstić information content (AvgIpc) is 2.34. The lowest BCUT2D eigenvalue weighted by atomic mass is 10.1. The number of aromatic nitrogens is 2. The Morgan fingerprint density at radius 3 is 2.78 bits per heavy atom. The predicted octanol–water partition coefficient (Wildman–Crippen LogP) is 1.40. The minimum Gasteiger partial charge on any atom is -0.382 e. The number of ether oxygens (including phenoxy) is 1. The summed E-state index contributed by atoms with van der Waals surface area (Å²) in [6.45, 7) is 4.89. The molecule has 0 aliphatic carbocycles. The lowest BCUT2D eigenvalue weighted by Crippen LogP contribution is -2.24. The molecule has 1 rings (SSSR count). The summed E-state index contributed by atoms with van der Waals surface area (Å²) < 4.78 is 5.36. The summed E-state index contributed by atoms with van der Waals surface area (Å²) >= 11 is 0. The van der Waals surface area contributed by atoms with E-state index in [1.165, 1.54) is 6.20 Å². The number of nitrogens with zero attached hydrogens (tertiary/aromatic N) is 3. The van der Waals surface area contributed by atoms with Gasteiger partial charge in [-0.1, -0.05) is 13.8 Å². The van der Waals surface area contributed by atoms with E-state index in [0.717, 1.165) is 6.42 Å². The molecule has 1 atom stereocenters. The first-order valence-electron chi connectivity index (χ1n) is 5.86. The molecule has 6 heteroatoms. The van der Waals surface area contributed by atoms with E-state index < -0.39 is 0 Å². The molecule has 0 aliphatic rings. The molecule has 6 nitrogen and oxygen atoms in total. The van der Waals surface area contributed by atoms with Crippen LogP contribution in [0.15, 0.2) is 6.20 Å². The maximum absolute atomic E-state index is 8.71. The number of nitrogens with two attached hydrogens (primary N) is 1. The first-order valence-corrected chi connectivity index (χ1v) is 5.86. The molecule has 3 N–H and O–H groups in total. The number of methoxy groups -OCH3 is 1. The van der Waals surface area contributed by atoms with Gasteiger partial charge in [0, 0.05) is 13.7 Å². The maximum atomic E-state index is 8.71. The second-order valence-corrected chi connectivity index (χ2v) is 4.47. The molecule has 0 aliphatic heterocycles. The van der Waals surface area contributed by atoms with Gasteiger partial charge in [0.2, 0.25) is 5.95 Å². The van der Waals surface area contributed by atoms with Crippen molar-refractivity contribution in [2.45, 2.75) is 26.4 Å². The fourth-order valence-corrected chi connectivity index (χ4v) is 1.56. The SMILES string of the molecule is COC(CNc1ncc(C#N)c(N)n1)CC(C)C. The molecule has 0 fully saturated rings. The molecule has 1 unspecified atom stereocenters. The summed E-state index contributed by atoms with van der Waals surface area (Å²) in [7, 11) is 1.68. The third-order valence-corrected chi connectivity index (χ3v) is 2.49. The van der Waals surface area contributed by atoms with Crippen molar-refractivity contribution in [1.82, 2.24) is 9.97 Å². The van der Waals surface area contributed by atoms with Gasteiger partial charge >= 0.3 is 0 Å². The van der Waals surface area contributed by atoms with Crippen LogP contribution in [0.25, 0.3) is 0 Å². The van der Waals surface area contributed by atoms with Crippen LogP contribution in [0.4, 0.5) is 11.8 Å². The van der Waals surface area contributed by atoms with Crippen molar-refractivity contribution in [1.29, 1.82) is 5.26 Å². The van der Waals surface area contributed by atoms with Crippen LogP contribution in [0.5, 0.6) is 0 Å². The molecule has 1 heterocycles. The molecule has 0 bridgehead atoms. The van der Waals surface area contributed by atoms with Gasteiger partial charge in [-0.2, -0.15) is 10.2 Å². The molecule has 0 aromatic carbocycles. The second-order valence-electron chi connectivity index (χ2n) is 4.47. The van der Waals surface area contributed by atoms with Crippen LogP contribution in [0.3, 0.4) is 0 Å². The van der Waals surface area contributed by atoms with Crippen molar-refractivity contribution in [2.24, 2.45) is 5.92 Å². The molecule has 0 spiro atoms. The number of hydrogen-bond acceptors (Lipinski definition) is 6. The van der Waals surface area contributed by atoms with Crippen LogP contribution >= 0.6 is 0 Å². The average molecular weight is 249 g/mol. The number of anilines is 2. The monoisotopic (exact) mass is 249 g/mol. The predicted molar refractivity (Wildman–Crippen MR) is 69.9 cm³/mol. The van der Waals surface area contributed by atoms with E-state index in [-0.39, 0.29) is 17.5 Å². The molecule has 18 heavy (non-hydrogen) atoms. The summed E-state index contributed by atoms with van der Waals surface area (Å²) in [5, 5.41) is 11.8. The Balaban J connectivity index is 2.57. The Bertz CT molecular complexity index is 427. The van der Waals surface area contributed by atoms with E-state index in [1.807, 2.05) is 6.07 Å². The Hall–Kier alpha value is -1.87. The van der Waals surface area contributed by atoms with Gasteiger partial charge in [-0.15, -0.1) is 0 Å². The van der Waals surface area contributed by atoms with E-state index >= 15 is 0 Å². The topological polar surface area (TPSA) is 96.8 Å². The Morgan fingerprint density at radius 1 is 1.56 bits per heavy atom. The summed E-state index contributed by atoms with van der Waals surface area (Å²) in [4.78, 5) is 8.02. The summed E-state index contributed by atoms with van der Waals surface area (Å²) in [5.74, 6) is 1.16. The smallest absolute Gasteiger partial charge is 0.224 e. The number of nitriles is 1. The first-order chi connectivity index (χ1) is 8.56. The van der Waals surface area contributed by atoms with Crippen molar-refractivity contribution < 1.29 is 4.74 Å². The van der Waals surface area contributed by atoms with E-state index in [4.69, 9.17) is 15.7 Å². The number of rotatable bonds is 6. The fourth-order valence-electron chi connectivity index (χ4n) is 1.56. The van der Waals surface area contributed by atoms with Gasteiger partial charge in [0.1, 0.15) is 17.5 Å². The Morgan fingerprint density at radius 2 is 2.28 bits per heavy atom. The third kappa shape index (κ3) is 4.18. The van der Waals surface area contributed by atoms with Gasteiger partial charge in [0.25, 0.3) is 0 Å². The van der Waals surface area contributed by atoms with Crippen LogP contribution in [0, 0.1) is 17.2 Å². The molecule has 1 aromatic heterocycles. The van der Waals surface area contributed by atoms with Gasteiger partial charge < -0.3 is 15.8 Å². The highest BCUT2D eigenvalue weighted by atomic mass is 16.5. The second kappa shape index (κ2) is 6.77. The van der Waals surface area contributed by atoms with E-state index in [1.54, 1.807) is 7.11 Å². The summed E-state index contributed by atoms with van der Waals surface area (Å²) in [5.41, 5.74) is 5.89. The highest BCUT2D eigenvalue weighted by molar-refractivity contribution is 5.49. The van der Waals surface area contributed by atoms with Crippen molar-refractivity contribution >= 4 is 11.8 Å². The van der Waals surface area contributed by atoms with Gasteiger partial charge in [0.05, 0.1) is 12.3 Å². The Labute approximate surface area is 107 Å². The van der Waals surface area contributed by atoms with Gasteiger partial charge in [-0.05, 0) is 12.3 Å². The molecular weight excluding hydrogens is 230 g/mol. The zero-order chi connectivity index (χ0) is 13.5. The van der Waals surface area contributed by atoms with E-state index in [0.29, 0.717) is 18.4 Å². The fraction of sp³-hybridized carbons (Fsp3) is 0.583. The van der Waals surface area contributed by atoms with Gasteiger partial charge in [-0.3, -0.25) is 0 Å². The van der Waals surface area contributed by atoms with Crippen molar-refractivity contribution in [3.8, 4) is 6.07 Å². The lowest BCUT2D eigenvalue weighted by Gasteiger charge is -2.17. The number of hydrogen-bond donors (Lipinski definition) is 2. The van der Waals surface area contributed by atoms with Crippen LogP contribution in [0.2, 0.25) is 0 Å². The van der Waals surface area contributed by atoms with E-state index in [2.05, 4.69) is 29.1 Å². The number of nitrogen functional groups attached to an aromatic ring is 1. The molecule has 1 aromatic rings. The zero-order valence-electron chi connectivity index (χ0n) is 11.0. The van der Waals surface area contributed by atoms with Gasteiger partial charge in [-0.25, -0.2) is 4.98 Å². The highest BCUT2D eigenvalue weighted by Crippen LogP contribution is 2.11. The quantitative estimate of drug-likeness (QED) is 0.791. The lowest BCUT2D eigenvalue weighted by molar-refractivity contribution is 0.0945. The minimum atomic E-state index is 0.102. The standard InChI is InChI=1S/C12H19N5O/c1-8(2)4-10(18-3)7-16-12-15-6-9(5-13)11(14)17-12/h6,8,10H,4,7H2,1-3H3,(H3,14,15,16,17). The molecule has 0 saturated heterocycles. The Kier molecular flexibility index (Phi) is 5.33. The normalized spacial score (nSPS) is 12.2. The molecule has 0 amide bonds. The number of nitrogens with one attached hydrogen (secondary N) is 1. The zero-order valence-corrected chi connectivity index (χ0v) is 11.0. The summed E-state index contributed by atoms with van der Waals surface area (Å²) in [6, 6.07) is 1.92. The van der Waals surface area contributed by atoms with Crippen LogP contribution < -0.4 is 11.1 Å². The third-order valence-electron chi connectivity index (χ3n) is 2.49. The van der Waals surface area contributed by atoms with Crippen LogP contribution in [-0.4, -0.2) is 29.7 Å². The van der Waals surface area contributed by atoms with Crippen molar-refractivity contribution in [3.05, 3.63) is 11.8 Å². The maximum Gasteiger partial charge on any atom is 0.224 e. The van der Waals surface area contributed by atoms with Crippen LogP contribution in [-0.2, 0) is 4.74 Å². The van der Waals surface area contributed by atoms with Crippen LogP contribution in [0.1, 0.15) is 25.8 Å². The molecule has 0 saturated carbocycles. The molecule has 98 valence electrons. The van der Waals surface area contributed by atoms with Crippen molar-refractivity contribution in [2.75, 3.05) is 24.7 Å². The molecule has 0 radical (unpaired) electrons.